The van der Waals surface area contributed by atoms with Crippen molar-refractivity contribution in [2.75, 3.05) is 0 Å². The molecule has 0 radical (unpaired) electrons. The molecule has 0 amide bonds. The van der Waals surface area contributed by atoms with E-state index in [0.717, 1.165) is 12.8 Å². The second-order valence-electron chi connectivity index (χ2n) is 5.78. The topological polar surface area (TPSA) is 72.7 Å². The Balaban J connectivity index is 2.13. The number of hydrogen-bond donors (Lipinski definition) is 1. The van der Waals surface area contributed by atoms with E-state index in [1.807, 2.05) is 0 Å². The minimum atomic E-state index is -0.300. The van der Waals surface area contributed by atoms with Gasteiger partial charge in [-0.1, -0.05) is 19.3 Å². The van der Waals surface area contributed by atoms with Crippen LogP contribution in [0.1, 0.15) is 37.9 Å². The van der Waals surface area contributed by atoms with Gasteiger partial charge in [-0.2, -0.15) is 0 Å². The molecular formula is C14H20N4O2. The van der Waals surface area contributed by atoms with Gasteiger partial charge >= 0.3 is 5.69 Å². The van der Waals surface area contributed by atoms with E-state index in [0.29, 0.717) is 29.5 Å². The van der Waals surface area contributed by atoms with Crippen LogP contribution >= 0.6 is 0 Å². The molecule has 6 heteroatoms. The molecule has 1 fully saturated rings. The maximum absolute atomic E-state index is 12.4. The predicted octanol–water partition coefficient (Wildman–Crippen LogP) is 1.31. The standard InChI is InChI=1S/C14H20N4O2/c1-9-15-11-12(16-9)18(14(20)17(2)13(11)19)8-10-6-4-3-5-7-10/h10H,3-8H2,1-2H3,(H,15,16). The molecule has 108 valence electrons. The summed E-state index contributed by atoms with van der Waals surface area (Å²) >= 11 is 0. The molecule has 0 aliphatic heterocycles. The Morgan fingerprint density at radius 1 is 1.25 bits per heavy atom. The zero-order chi connectivity index (χ0) is 14.3. The van der Waals surface area contributed by atoms with E-state index in [4.69, 9.17) is 0 Å². The first-order valence-corrected chi connectivity index (χ1v) is 7.24. The molecule has 0 spiro atoms. The Morgan fingerprint density at radius 2 is 1.95 bits per heavy atom. The molecule has 2 aromatic rings. The van der Waals surface area contributed by atoms with Crippen LogP contribution in [0.3, 0.4) is 0 Å². The van der Waals surface area contributed by atoms with Crippen molar-refractivity contribution in [3.8, 4) is 0 Å². The number of aromatic nitrogens is 4. The van der Waals surface area contributed by atoms with Gasteiger partial charge in [0.25, 0.3) is 5.56 Å². The average Bonchev–Trinajstić information content (AvgIpc) is 2.84. The van der Waals surface area contributed by atoms with E-state index in [1.54, 1.807) is 11.5 Å². The first-order chi connectivity index (χ1) is 9.58. The van der Waals surface area contributed by atoms with Crippen molar-refractivity contribution in [3.63, 3.8) is 0 Å². The Hall–Kier alpha value is -1.85. The lowest BCUT2D eigenvalue weighted by Gasteiger charge is -2.22. The average molecular weight is 276 g/mol. The van der Waals surface area contributed by atoms with Gasteiger partial charge in [0.1, 0.15) is 11.3 Å². The molecule has 2 heterocycles. The van der Waals surface area contributed by atoms with Crippen molar-refractivity contribution in [1.82, 2.24) is 19.1 Å². The van der Waals surface area contributed by atoms with Crippen LogP contribution in [0.4, 0.5) is 0 Å². The second-order valence-corrected chi connectivity index (χ2v) is 5.78. The highest BCUT2D eigenvalue weighted by Crippen LogP contribution is 2.25. The Bertz CT molecular complexity index is 747. The third-order valence-electron chi connectivity index (χ3n) is 4.26. The maximum Gasteiger partial charge on any atom is 0.332 e. The van der Waals surface area contributed by atoms with E-state index in [9.17, 15) is 9.59 Å². The number of H-pyrrole nitrogens is 1. The molecule has 2 aromatic heterocycles. The molecule has 0 bridgehead atoms. The molecule has 0 atom stereocenters. The summed E-state index contributed by atoms with van der Waals surface area (Å²) in [6.45, 7) is 2.46. The van der Waals surface area contributed by atoms with Gasteiger partial charge in [-0.3, -0.25) is 13.9 Å². The van der Waals surface area contributed by atoms with E-state index >= 15 is 0 Å². The molecular weight excluding hydrogens is 256 g/mol. The van der Waals surface area contributed by atoms with E-state index in [2.05, 4.69) is 9.97 Å². The molecule has 1 aliphatic rings. The summed E-state index contributed by atoms with van der Waals surface area (Å²) in [7, 11) is 1.53. The summed E-state index contributed by atoms with van der Waals surface area (Å²) in [5, 5.41) is 0. The molecule has 1 aliphatic carbocycles. The number of aryl methyl sites for hydroxylation is 1. The lowest BCUT2D eigenvalue weighted by Crippen LogP contribution is -2.39. The van der Waals surface area contributed by atoms with E-state index in [-0.39, 0.29) is 11.2 Å². The number of nitrogens with one attached hydrogen (secondary N) is 1. The smallest absolute Gasteiger partial charge is 0.332 e. The Labute approximate surface area is 116 Å². The maximum atomic E-state index is 12.4. The van der Waals surface area contributed by atoms with Gasteiger partial charge in [0.15, 0.2) is 5.65 Å². The fraction of sp³-hybridized carbons (Fsp3) is 0.643. The normalized spacial score (nSPS) is 16.9. The van der Waals surface area contributed by atoms with Gasteiger partial charge in [-0.05, 0) is 25.7 Å². The van der Waals surface area contributed by atoms with Crippen molar-refractivity contribution in [2.45, 2.75) is 45.6 Å². The van der Waals surface area contributed by atoms with E-state index in [1.165, 1.54) is 30.9 Å². The Kier molecular flexibility index (Phi) is 3.23. The highest BCUT2D eigenvalue weighted by molar-refractivity contribution is 5.69. The number of imidazole rings is 1. The lowest BCUT2D eigenvalue weighted by molar-refractivity contribution is 0.315. The third-order valence-corrected chi connectivity index (χ3v) is 4.26. The SMILES string of the molecule is Cc1nc2c([nH]1)c(=O)n(C)c(=O)n2CC1CCCCC1. The van der Waals surface area contributed by atoms with E-state index < -0.39 is 0 Å². The highest BCUT2D eigenvalue weighted by atomic mass is 16.2. The van der Waals surface area contributed by atoms with Gasteiger partial charge < -0.3 is 4.98 Å². The van der Waals surface area contributed by atoms with Crippen molar-refractivity contribution in [1.29, 1.82) is 0 Å². The largest absolute Gasteiger partial charge is 0.336 e. The molecule has 0 aromatic carbocycles. The summed E-state index contributed by atoms with van der Waals surface area (Å²) in [4.78, 5) is 31.7. The van der Waals surface area contributed by atoms with Crippen molar-refractivity contribution >= 4 is 11.2 Å². The molecule has 20 heavy (non-hydrogen) atoms. The number of nitrogens with zero attached hydrogens (tertiary/aromatic N) is 3. The summed E-state index contributed by atoms with van der Waals surface area (Å²) in [5.41, 5.74) is 0.367. The summed E-state index contributed by atoms with van der Waals surface area (Å²) in [6.07, 6.45) is 6.05. The molecule has 0 unspecified atom stereocenters. The first kappa shape index (κ1) is 13.1. The predicted molar refractivity (Wildman–Crippen MR) is 76.9 cm³/mol. The molecule has 1 saturated carbocycles. The van der Waals surface area contributed by atoms with Crippen molar-refractivity contribution < 1.29 is 0 Å². The quantitative estimate of drug-likeness (QED) is 0.899. The number of aromatic amines is 1. The Morgan fingerprint density at radius 3 is 2.65 bits per heavy atom. The van der Waals surface area contributed by atoms with Crippen LogP contribution in [-0.4, -0.2) is 19.1 Å². The number of fused-ring (bicyclic) bond motifs is 1. The molecule has 6 nitrogen and oxygen atoms in total. The lowest BCUT2D eigenvalue weighted by atomic mass is 9.89. The molecule has 0 saturated heterocycles. The highest BCUT2D eigenvalue weighted by Gasteiger charge is 2.19. The minimum Gasteiger partial charge on any atom is -0.336 e. The summed E-state index contributed by atoms with van der Waals surface area (Å²) in [5.74, 6) is 1.18. The van der Waals surface area contributed by atoms with Crippen molar-refractivity contribution in [3.05, 3.63) is 26.7 Å². The van der Waals surface area contributed by atoms with Crippen LogP contribution in [0, 0.1) is 12.8 Å². The zero-order valence-electron chi connectivity index (χ0n) is 12.0. The monoisotopic (exact) mass is 276 g/mol. The van der Waals surface area contributed by atoms with Crippen LogP contribution in [0.15, 0.2) is 9.59 Å². The first-order valence-electron chi connectivity index (χ1n) is 7.24. The van der Waals surface area contributed by atoms with Gasteiger partial charge in [-0.25, -0.2) is 9.78 Å². The molecule has 3 rings (SSSR count). The molecule has 1 N–H and O–H groups in total. The van der Waals surface area contributed by atoms with Crippen LogP contribution in [-0.2, 0) is 13.6 Å². The fourth-order valence-electron chi connectivity index (χ4n) is 3.14. The number of hydrogen-bond acceptors (Lipinski definition) is 3. The number of rotatable bonds is 2. The van der Waals surface area contributed by atoms with Crippen molar-refractivity contribution in [2.24, 2.45) is 13.0 Å². The fourth-order valence-corrected chi connectivity index (χ4v) is 3.14. The minimum absolute atomic E-state index is 0.264. The van der Waals surface area contributed by atoms with Crippen LogP contribution in [0.2, 0.25) is 0 Å². The van der Waals surface area contributed by atoms with Crippen LogP contribution in [0.5, 0.6) is 0 Å². The van der Waals surface area contributed by atoms with Gasteiger partial charge in [0, 0.05) is 13.6 Å². The summed E-state index contributed by atoms with van der Waals surface area (Å²) in [6, 6.07) is 0. The van der Waals surface area contributed by atoms with Crippen LogP contribution < -0.4 is 11.2 Å². The van der Waals surface area contributed by atoms with Gasteiger partial charge in [-0.15, -0.1) is 0 Å². The van der Waals surface area contributed by atoms with Gasteiger partial charge in [0.2, 0.25) is 0 Å². The van der Waals surface area contributed by atoms with Crippen LogP contribution in [0.25, 0.3) is 11.2 Å². The second kappa shape index (κ2) is 4.92. The zero-order valence-corrected chi connectivity index (χ0v) is 12.0. The van der Waals surface area contributed by atoms with Gasteiger partial charge in [0.05, 0.1) is 0 Å². The third kappa shape index (κ3) is 2.09. The summed E-state index contributed by atoms with van der Waals surface area (Å²) < 4.78 is 2.83.